The second kappa shape index (κ2) is 3.67. The molecule has 0 rings (SSSR count). The van der Waals surface area contributed by atoms with E-state index in [1.165, 1.54) is 12.8 Å². The predicted molar refractivity (Wildman–Crippen MR) is 65.1 cm³/mol. The van der Waals surface area contributed by atoms with E-state index in [1.807, 2.05) is 0 Å². The number of hydrogen-bond donors (Lipinski definition) is 0. The Morgan fingerprint density at radius 3 is 1.38 bits per heavy atom. The van der Waals surface area contributed by atoms with Crippen LogP contribution in [0.4, 0.5) is 0 Å². The summed E-state index contributed by atoms with van der Waals surface area (Å²) in [5, 5.41) is 0.453. The predicted octanol–water partition coefficient (Wildman–Crippen LogP) is 3.67. The van der Waals surface area contributed by atoms with Gasteiger partial charge in [0.2, 0.25) is 0 Å². The molecule has 0 aromatic carbocycles. The fourth-order valence-corrected chi connectivity index (χ4v) is 2.93. The van der Waals surface area contributed by atoms with Crippen molar-refractivity contribution < 1.29 is 0 Å². The average molecular weight is 182 g/mol. The van der Waals surface area contributed by atoms with Crippen LogP contribution in [0.2, 0.25) is 5.31 Å². The van der Waals surface area contributed by atoms with Gasteiger partial charge in [-0.3, -0.25) is 0 Å². The van der Waals surface area contributed by atoms with Gasteiger partial charge in [0.05, 0.1) is 0 Å². The molecule has 0 nitrogen and oxygen atoms in total. The summed E-state index contributed by atoms with van der Waals surface area (Å²) in [4.78, 5) is 0. The molecule has 0 unspecified atom stereocenters. The van der Waals surface area contributed by atoms with Gasteiger partial charge in [-0.25, -0.2) is 0 Å². The highest BCUT2D eigenvalue weighted by atomic mass is 14.3. The van der Waals surface area contributed by atoms with E-state index in [-0.39, 0.29) is 0 Å². The largest absolute Gasteiger partial charge is 0.108 e. The summed E-state index contributed by atoms with van der Waals surface area (Å²) in [6.07, 6.45) is 2.61. The van der Waals surface area contributed by atoms with Crippen LogP contribution < -0.4 is 0 Å². The highest BCUT2D eigenvalue weighted by molar-refractivity contribution is 6.14. The van der Waals surface area contributed by atoms with Crippen molar-refractivity contribution >= 4 is 7.85 Å². The van der Waals surface area contributed by atoms with Gasteiger partial charge in [0, 0.05) is 0 Å². The van der Waals surface area contributed by atoms with E-state index in [0.717, 1.165) is 0 Å². The van der Waals surface area contributed by atoms with Crippen LogP contribution in [0.3, 0.4) is 0 Å². The van der Waals surface area contributed by atoms with Crippen molar-refractivity contribution in [1.82, 2.24) is 0 Å². The Morgan fingerprint density at radius 2 is 1.15 bits per heavy atom. The monoisotopic (exact) mass is 182 g/mol. The van der Waals surface area contributed by atoms with E-state index in [9.17, 15) is 0 Å². The lowest BCUT2D eigenvalue weighted by molar-refractivity contribution is 0.183. The molecular formula is C12H27B. The summed E-state index contributed by atoms with van der Waals surface area (Å²) >= 11 is 0. The van der Waals surface area contributed by atoms with E-state index < -0.39 is 0 Å². The summed E-state index contributed by atoms with van der Waals surface area (Å²) in [6.45, 7) is 16.4. The Kier molecular flexibility index (Phi) is 3.69. The third kappa shape index (κ3) is 8.40. The van der Waals surface area contributed by atoms with Gasteiger partial charge in [0.25, 0.3) is 0 Å². The van der Waals surface area contributed by atoms with Crippen LogP contribution in [-0.2, 0) is 0 Å². The maximum absolute atomic E-state index is 2.39. The van der Waals surface area contributed by atoms with Gasteiger partial charge in [-0.1, -0.05) is 60.2 Å². The van der Waals surface area contributed by atoms with Gasteiger partial charge in [0.1, 0.15) is 7.85 Å². The zero-order valence-electron chi connectivity index (χ0n) is 10.9. The van der Waals surface area contributed by atoms with Gasteiger partial charge in [-0.15, -0.1) is 0 Å². The Morgan fingerprint density at radius 1 is 0.769 bits per heavy atom. The lowest BCUT2D eigenvalue weighted by Crippen LogP contribution is -2.24. The molecule has 0 saturated heterocycles. The van der Waals surface area contributed by atoms with Crippen LogP contribution in [0.25, 0.3) is 0 Å². The zero-order valence-corrected chi connectivity index (χ0v) is 10.9. The zero-order chi connectivity index (χ0) is 10.9. The maximum Gasteiger partial charge on any atom is 0.108 e. The molecule has 0 aromatic heterocycles. The fourth-order valence-electron chi connectivity index (χ4n) is 2.93. The summed E-state index contributed by atoms with van der Waals surface area (Å²) < 4.78 is 0. The van der Waals surface area contributed by atoms with Crippen molar-refractivity contribution in [2.45, 2.75) is 66.6 Å². The quantitative estimate of drug-likeness (QED) is 0.584. The van der Waals surface area contributed by atoms with Crippen molar-refractivity contribution in [1.29, 1.82) is 0 Å². The highest BCUT2D eigenvalue weighted by Crippen LogP contribution is 2.43. The van der Waals surface area contributed by atoms with E-state index in [2.05, 4.69) is 56.3 Å². The van der Waals surface area contributed by atoms with Crippen molar-refractivity contribution in [3.63, 3.8) is 0 Å². The molecule has 0 saturated carbocycles. The third-order valence-corrected chi connectivity index (χ3v) is 2.02. The van der Waals surface area contributed by atoms with Gasteiger partial charge in [-0.2, -0.15) is 0 Å². The molecule has 0 atom stereocenters. The molecule has 13 heavy (non-hydrogen) atoms. The molecule has 0 spiro atoms. The molecule has 0 aliphatic carbocycles. The normalized spacial score (nSPS) is 14.7. The highest BCUT2D eigenvalue weighted by Gasteiger charge is 2.29. The minimum atomic E-state index is 0.453. The second-order valence-corrected chi connectivity index (χ2v) is 7.64. The van der Waals surface area contributed by atoms with Crippen molar-refractivity contribution in [2.75, 3.05) is 0 Å². The molecule has 0 heterocycles. The van der Waals surface area contributed by atoms with Gasteiger partial charge < -0.3 is 0 Å². The Labute approximate surface area is 85.9 Å². The van der Waals surface area contributed by atoms with E-state index >= 15 is 0 Å². The molecule has 0 fully saturated rings. The summed E-state index contributed by atoms with van der Waals surface area (Å²) in [7, 11) is 2.33. The van der Waals surface area contributed by atoms with Gasteiger partial charge >= 0.3 is 0 Å². The topological polar surface area (TPSA) is 0 Å². The molecule has 0 aliphatic rings. The Balaban J connectivity index is 4.25. The van der Waals surface area contributed by atoms with E-state index in [1.54, 1.807) is 0 Å². The van der Waals surface area contributed by atoms with Gasteiger partial charge in [0.15, 0.2) is 0 Å². The van der Waals surface area contributed by atoms with Crippen LogP contribution in [0, 0.1) is 10.8 Å². The fraction of sp³-hybridized carbons (Fsp3) is 1.00. The molecule has 0 N–H and O–H groups in total. The third-order valence-electron chi connectivity index (χ3n) is 2.02. The molecule has 0 radical (unpaired) electrons. The lowest BCUT2D eigenvalue weighted by Gasteiger charge is -2.37. The first-order valence-corrected chi connectivity index (χ1v) is 5.41. The molecule has 0 aromatic rings. The average Bonchev–Trinajstić information content (AvgIpc) is 1.43. The van der Waals surface area contributed by atoms with Crippen molar-refractivity contribution in [3.05, 3.63) is 0 Å². The minimum absolute atomic E-state index is 0.453. The summed E-state index contributed by atoms with van der Waals surface area (Å²) in [6, 6.07) is 0. The van der Waals surface area contributed by atoms with Gasteiger partial charge in [-0.05, 0) is 17.3 Å². The van der Waals surface area contributed by atoms with Crippen LogP contribution in [0.15, 0.2) is 0 Å². The SMILES string of the molecule is BC(C)(C)CC(C)(C)CC(C)(C)C. The van der Waals surface area contributed by atoms with E-state index in [0.29, 0.717) is 16.1 Å². The molecule has 0 bridgehead atoms. The number of hydrogen-bond acceptors (Lipinski definition) is 0. The summed E-state index contributed by atoms with van der Waals surface area (Å²) in [5.74, 6) is 0. The smallest absolute Gasteiger partial charge is 0.0672 e. The van der Waals surface area contributed by atoms with E-state index in [4.69, 9.17) is 0 Å². The van der Waals surface area contributed by atoms with Crippen LogP contribution in [-0.4, -0.2) is 7.85 Å². The minimum Gasteiger partial charge on any atom is -0.0672 e. The van der Waals surface area contributed by atoms with Crippen molar-refractivity contribution in [2.24, 2.45) is 10.8 Å². The first kappa shape index (κ1) is 13.1. The molecule has 0 amide bonds. The van der Waals surface area contributed by atoms with Crippen LogP contribution in [0.5, 0.6) is 0 Å². The molecular weight excluding hydrogens is 155 g/mol. The van der Waals surface area contributed by atoms with Crippen LogP contribution in [0.1, 0.15) is 61.3 Å². The number of rotatable bonds is 3. The molecule has 0 aliphatic heterocycles. The standard InChI is InChI=1S/C12H27B/c1-10(2,3)8-11(4,5)9-12(6,7)13/h8-9,13H2,1-7H3. The first-order valence-electron chi connectivity index (χ1n) is 5.41. The second-order valence-electron chi connectivity index (χ2n) is 7.64. The summed E-state index contributed by atoms with van der Waals surface area (Å²) in [5.41, 5.74) is 0.922. The molecule has 78 valence electrons. The Bertz CT molecular complexity index is 137. The van der Waals surface area contributed by atoms with Crippen molar-refractivity contribution in [3.8, 4) is 0 Å². The lowest BCUT2D eigenvalue weighted by atomic mass is 9.61. The maximum atomic E-state index is 2.39. The first-order chi connectivity index (χ1) is 5.41. The molecule has 1 heteroatoms. The van der Waals surface area contributed by atoms with Crippen LogP contribution >= 0.6 is 0 Å². The Hall–Kier alpha value is 0.0649.